The van der Waals surface area contributed by atoms with Gasteiger partial charge in [-0.3, -0.25) is 0 Å². The minimum Gasteiger partial charge on any atom is -0.445 e. The van der Waals surface area contributed by atoms with Crippen LogP contribution < -0.4 is 0 Å². The average molecular weight is 304 g/mol. The van der Waals surface area contributed by atoms with Crippen LogP contribution in [-0.4, -0.2) is 18.0 Å². The summed E-state index contributed by atoms with van der Waals surface area (Å²) in [7, 11) is 1.72. The molecular formula is C17H18ClNO2. The number of amides is 1. The Hall–Kier alpha value is -2.00. The molecule has 110 valence electrons. The third-order valence-corrected chi connectivity index (χ3v) is 3.47. The topological polar surface area (TPSA) is 29.5 Å². The molecule has 2 aromatic carbocycles. The van der Waals surface area contributed by atoms with Gasteiger partial charge in [-0.25, -0.2) is 4.79 Å². The first-order chi connectivity index (χ1) is 10.1. The quantitative estimate of drug-likeness (QED) is 0.837. The van der Waals surface area contributed by atoms with Crippen LogP contribution in [0.25, 0.3) is 0 Å². The number of rotatable bonds is 4. The van der Waals surface area contributed by atoms with Crippen molar-refractivity contribution in [3.8, 4) is 0 Å². The van der Waals surface area contributed by atoms with Crippen LogP contribution in [0.15, 0.2) is 48.5 Å². The molecule has 0 aliphatic rings. The van der Waals surface area contributed by atoms with Gasteiger partial charge < -0.3 is 9.64 Å². The van der Waals surface area contributed by atoms with Crippen LogP contribution >= 0.6 is 11.6 Å². The van der Waals surface area contributed by atoms with Crippen LogP contribution in [0, 0.1) is 6.92 Å². The summed E-state index contributed by atoms with van der Waals surface area (Å²) in [6.45, 7) is 2.74. The lowest BCUT2D eigenvalue weighted by Gasteiger charge is -2.18. The highest BCUT2D eigenvalue weighted by Gasteiger charge is 2.12. The van der Waals surface area contributed by atoms with Crippen LogP contribution in [0.1, 0.15) is 16.7 Å². The van der Waals surface area contributed by atoms with Gasteiger partial charge in [0.25, 0.3) is 0 Å². The molecular weight excluding hydrogens is 286 g/mol. The first-order valence-corrected chi connectivity index (χ1v) is 7.11. The first kappa shape index (κ1) is 15.4. The number of hydrogen-bond donors (Lipinski definition) is 0. The summed E-state index contributed by atoms with van der Waals surface area (Å²) in [5, 5.41) is 0.668. The summed E-state index contributed by atoms with van der Waals surface area (Å²) in [5.41, 5.74) is 3.09. The predicted octanol–water partition coefficient (Wildman–Crippen LogP) is 4.42. The maximum Gasteiger partial charge on any atom is 0.410 e. The summed E-state index contributed by atoms with van der Waals surface area (Å²) < 4.78 is 5.29. The third-order valence-electron chi connectivity index (χ3n) is 3.24. The summed E-state index contributed by atoms with van der Waals surface area (Å²) in [6, 6.07) is 15.3. The summed E-state index contributed by atoms with van der Waals surface area (Å²) >= 11 is 5.99. The molecule has 3 nitrogen and oxygen atoms in total. The van der Waals surface area contributed by atoms with Crippen molar-refractivity contribution in [3.05, 3.63) is 70.2 Å². The Morgan fingerprint density at radius 2 is 1.90 bits per heavy atom. The van der Waals surface area contributed by atoms with E-state index in [2.05, 4.69) is 0 Å². The van der Waals surface area contributed by atoms with Gasteiger partial charge >= 0.3 is 6.09 Å². The van der Waals surface area contributed by atoms with Crippen molar-refractivity contribution < 1.29 is 9.53 Å². The predicted molar refractivity (Wildman–Crippen MR) is 84.3 cm³/mol. The normalized spacial score (nSPS) is 10.2. The minimum absolute atomic E-state index is 0.276. The molecule has 21 heavy (non-hydrogen) atoms. The van der Waals surface area contributed by atoms with Crippen LogP contribution in [0.3, 0.4) is 0 Å². The van der Waals surface area contributed by atoms with Crippen molar-refractivity contribution in [2.24, 2.45) is 0 Å². The fourth-order valence-corrected chi connectivity index (χ4v) is 2.15. The molecule has 0 unspecified atom stereocenters. The number of halogens is 1. The first-order valence-electron chi connectivity index (χ1n) is 6.73. The Bertz CT molecular complexity index is 613. The number of carbonyl (C=O) groups is 1. The van der Waals surface area contributed by atoms with E-state index in [0.29, 0.717) is 11.6 Å². The maximum absolute atomic E-state index is 12.0. The number of benzene rings is 2. The molecule has 0 radical (unpaired) electrons. The van der Waals surface area contributed by atoms with Gasteiger partial charge in [0.15, 0.2) is 0 Å². The molecule has 0 aliphatic heterocycles. The third kappa shape index (κ3) is 4.50. The van der Waals surface area contributed by atoms with Crippen LogP contribution in [0.5, 0.6) is 0 Å². The largest absolute Gasteiger partial charge is 0.445 e. The zero-order valence-corrected chi connectivity index (χ0v) is 12.9. The zero-order chi connectivity index (χ0) is 15.2. The SMILES string of the molecule is Cc1ccc(Cl)cc1CN(C)C(=O)OCc1ccccc1. The van der Waals surface area contributed by atoms with Crippen molar-refractivity contribution in [3.63, 3.8) is 0 Å². The van der Waals surface area contributed by atoms with E-state index in [1.54, 1.807) is 11.9 Å². The molecule has 0 aromatic heterocycles. The van der Waals surface area contributed by atoms with E-state index in [9.17, 15) is 4.79 Å². The van der Waals surface area contributed by atoms with Crippen molar-refractivity contribution in [1.29, 1.82) is 0 Å². The second kappa shape index (κ2) is 7.14. The highest BCUT2D eigenvalue weighted by Crippen LogP contribution is 2.17. The van der Waals surface area contributed by atoms with Gasteiger partial charge in [0.2, 0.25) is 0 Å². The Morgan fingerprint density at radius 1 is 1.19 bits per heavy atom. The lowest BCUT2D eigenvalue weighted by atomic mass is 10.1. The van der Waals surface area contributed by atoms with Gasteiger partial charge in [0.1, 0.15) is 6.61 Å². The number of aryl methyl sites for hydroxylation is 1. The molecule has 0 aliphatic carbocycles. The number of carbonyl (C=O) groups excluding carboxylic acids is 1. The van der Waals surface area contributed by atoms with Gasteiger partial charge in [0, 0.05) is 18.6 Å². The van der Waals surface area contributed by atoms with Crippen molar-refractivity contribution in [1.82, 2.24) is 4.90 Å². The van der Waals surface area contributed by atoms with Crippen LogP contribution in [-0.2, 0) is 17.9 Å². The van der Waals surface area contributed by atoms with Crippen LogP contribution in [0.4, 0.5) is 4.79 Å². The molecule has 2 rings (SSSR count). The molecule has 0 bridgehead atoms. The monoisotopic (exact) mass is 303 g/mol. The number of hydrogen-bond acceptors (Lipinski definition) is 2. The highest BCUT2D eigenvalue weighted by molar-refractivity contribution is 6.30. The Labute approximate surface area is 130 Å². The van der Waals surface area contributed by atoms with E-state index in [0.717, 1.165) is 16.7 Å². The van der Waals surface area contributed by atoms with Crippen molar-refractivity contribution >= 4 is 17.7 Å². The molecule has 0 atom stereocenters. The zero-order valence-electron chi connectivity index (χ0n) is 12.2. The molecule has 0 saturated carbocycles. The second-order valence-electron chi connectivity index (χ2n) is 4.97. The van der Waals surface area contributed by atoms with Crippen molar-refractivity contribution in [2.45, 2.75) is 20.1 Å². The van der Waals surface area contributed by atoms with E-state index in [-0.39, 0.29) is 12.7 Å². The number of ether oxygens (including phenoxy) is 1. The molecule has 4 heteroatoms. The Balaban J connectivity index is 1.92. The van der Waals surface area contributed by atoms with Crippen LogP contribution in [0.2, 0.25) is 5.02 Å². The molecule has 0 N–H and O–H groups in total. The van der Waals surface area contributed by atoms with Gasteiger partial charge in [-0.05, 0) is 35.7 Å². The van der Waals surface area contributed by atoms with Gasteiger partial charge in [0.05, 0.1) is 0 Å². The molecule has 1 amide bonds. The highest BCUT2D eigenvalue weighted by atomic mass is 35.5. The van der Waals surface area contributed by atoms with Crippen molar-refractivity contribution in [2.75, 3.05) is 7.05 Å². The Morgan fingerprint density at radius 3 is 2.62 bits per heavy atom. The summed E-state index contributed by atoms with van der Waals surface area (Å²) in [6.07, 6.45) is -0.349. The van der Waals surface area contributed by atoms with E-state index >= 15 is 0 Å². The molecule has 2 aromatic rings. The van der Waals surface area contributed by atoms with E-state index in [4.69, 9.17) is 16.3 Å². The van der Waals surface area contributed by atoms with Gasteiger partial charge in [-0.1, -0.05) is 48.0 Å². The minimum atomic E-state index is -0.349. The number of nitrogens with zero attached hydrogens (tertiary/aromatic N) is 1. The standard InChI is InChI=1S/C17H18ClNO2/c1-13-8-9-16(18)10-15(13)11-19(2)17(20)21-12-14-6-4-3-5-7-14/h3-10H,11-12H2,1-2H3. The average Bonchev–Trinajstić information content (AvgIpc) is 2.49. The fraction of sp³-hybridized carbons (Fsp3) is 0.235. The molecule has 0 heterocycles. The van der Waals surface area contributed by atoms with E-state index in [1.165, 1.54) is 0 Å². The lowest BCUT2D eigenvalue weighted by molar-refractivity contribution is 0.103. The molecule has 0 saturated heterocycles. The molecule has 0 fully saturated rings. The summed E-state index contributed by atoms with van der Waals surface area (Å²) in [5.74, 6) is 0. The van der Waals surface area contributed by atoms with Gasteiger partial charge in [-0.15, -0.1) is 0 Å². The maximum atomic E-state index is 12.0. The lowest BCUT2D eigenvalue weighted by Crippen LogP contribution is -2.27. The Kier molecular flexibility index (Phi) is 5.23. The van der Waals surface area contributed by atoms with E-state index in [1.807, 2.05) is 55.5 Å². The summed E-state index contributed by atoms with van der Waals surface area (Å²) in [4.78, 5) is 13.5. The fourth-order valence-electron chi connectivity index (χ4n) is 1.96. The smallest absolute Gasteiger partial charge is 0.410 e. The second-order valence-corrected chi connectivity index (χ2v) is 5.40. The van der Waals surface area contributed by atoms with E-state index < -0.39 is 0 Å². The molecule has 0 spiro atoms. The van der Waals surface area contributed by atoms with Gasteiger partial charge in [-0.2, -0.15) is 0 Å².